The standard InChI is InChI=1S/C40H78O7S/c1-9-17-32(5)21-13-15-23-36(27-25-34(7)19-11-3)30-46-39(41)29-38(48(43,44)45)40(42)47-31-37(28-26-35(8)20-12-4)24-16-14-22-33(6)18-10-2/h32-38H,9-31H2,1-8H3,(H,43,44,45). The number of carbonyl (C=O) groups excluding carboxylic acids is 2. The molecule has 8 heteroatoms. The predicted molar refractivity (Wildman–Crippen MR) is 201 cm³/mol. The second kappa shape index (κ2) is 28.5. The van der Waals surface area contributed by atoms with Gasteiger partial charge in [0.15, 0.2) is 5.25 Å². The maximum atomic E-state index is 13.0. The lowest BCUT2D eigenvalue weighted by molar-refractivity contribution is -0.151. The Labute approximate surface area is 297 Å². The van der Waals surface area contributed by atoms with Crippen LogP contribution >= 0.6 is 0 Å². The van der Waals surface area contributed by atoms with E-state index in [2.05, 4.69) is 55.4 Å². The lowest BCUT2D eigenvalue weighted by Gasteiger charge is -2.21. The molecule has 0 fully saturated rings. The minimum Gasteiger partial charge on any atom is -0.465 e. The Morgan fingerprint density at radius 3 is 1.25 bits per heavy atom. The number of esters is 2. The summed E-state index contributed by atoms with van der Waals surface area (Å²) in [4.78, 5) is 25.9. The summed E-state index contributed by atoms with van der Waals surface area (Å²) in [6, 6.07) is 0. The maximum absolute atomic E-state index is 13.0. The third kappa shape index (κ3) is 24.9. The highest BCUT2D eigenvalue weighted by atomic mass is 32.2. The van der Waals surface area contributed by atoms with E-state index in [4.69, 9.17) is 9.47 Å². The number of ether oxygens (including phenoxy) is 2. The smallest absolute Gasteiger partial charge is 0.327 e. The first-order chi connectivity index (χ1) is 22.8. The zero-order chi connectivity index (χ0) is 36.4. The molecule has 1 N–H and O–H groups in total. The summed E-state index contributed by atoms with van der Waals surface area (Å²) in [6.07, 6.45) is 21.2. The molecule has 0 saturated heterocycles. The molecule has 7 atom stereocenters. The Bertz CT molecular complexity index is 905. The first-order valence-electron chi connectivity index (χ1n) is 20.0. The molecular formula is C40H78O7S. The highest BCUT2D eigenvalue weighted by Crippen LogP contribution is 2.25. The van der Waals surface area contributed by atoms with Crippen molar-refractivity contribution in [1.29, 1.82) is 0 Å². The number of carbonyl (C=O) groups is 2. The van der Waals surface area contributed by atoms with Crippen molar-refractivity contribution < 1.29 is 32.0 Å². The molecule has 0 heterocycles. The summed E-state index contributed by atoms with van der Waals surface area (Å²) < 4.78 is 45.6. The summed E-state index contributed by atoms with van der Waals surface area (Å²) in [7, 11) is -4.85. The van der Waals surface area contributed by atoms with Gasteiger partial charge in [-0.1, -0.05) is 158 Å². The fourth-order valence-corrected chi connectivity index (χ4v) is 7.74. The molecule has 0 aromatic carbocycles. The van der Waals surface area contributed by atoms with E-state index in [0.29, 0.717) is 23.7 Å². The van der Waals surface area contributed by atoms with Crippen LogP contribution in [0, 0.1) is 35.5 Å². The Kier molecular flexibility index (Phi) is 27.9. The third-order valence-electron chi connectivity index (χ3n) is 10.3. The molecule has 0 amide bonds. The Hall–Kier alpha value is -1.15. The second-order valence-corrected chi connectivity index (χ2v) is 17.2. The van der Waals surface area contributed by atoms with Crippen LogP contribution < -0.4 is 0 Å². The van der Waals surface area contributed by atoms with Crippen molar-refractivity contribution in [2.45, 2.75) is 195 Å². The van der Waals surface area contributed by atoms with E-state index in [9.17, 15) is 22.6 Å². The van der Waals surface area contributed by atoms with Crippen molar-refractivity contribution >= 4 is 22.1 Å². The number of hydrogen-bond acceptors (Lipinski definition) is 6. The van der Waals surface area contributed by atoms with Gasteiger partial charge in [-0.3, -0.25) is 14.1 Å². The molecule has 7 unspecified atom stereocenters. The Balaban J connectivity index is 5.25. The van der Waals surface area contributed by atoms with E-state index in [1.165, 1.54) is 38.5 Å². The van der Waals surface area contributed by atoms with Gasteiger partial charge in [0, 0.05) is 0 Å². The van der Waals surface area contributed by atoms with Crippen LogP contribution in [0.2, 0.25) is 0 Å². The number of unbranched alkanes of at least 4 members (excludes halogenated alkanes) is 2. The van der Waals surface area contributed by atoms with Crippen molar-refractivity contribution in [3.05, 3.63) is 0 Å². The fourth-order valence-electron chi connectivity index (χ4n) is 7.09. The maximum Gasteiger partial charge on any atom is 0.327 e. The molecular weight excluding hydrogens is 625 g/mol. The van der Waals surface area contributed by atoms with Crippen molar-refractivity contribution in [3.8, 4) is 0 Å². The van der Waals surface area contributed by atoms with Gasteiger partial charge in [0.05, 0.1) is 19.6 Å². The minimum atomic E-state index is -4.85. The SMILES string of the molecule is CCCC(C)CCCCC(CCC(C)CCC)COC(=O)CC(C(=O)OCC(CCCCC(C)CCC)CCC(C)CCC)S(=O)(=O)O. The molecule has 0 aromatic heterocycles. The summed E-state index contributed by atoms with van der Waals surface area (Å²) in [5, 5.41) is -1.97. The molecule has 286 valence electrons. The monoisotopic (exact) mass is 703 g/mol. The van der Waals surface area contributed by atoms with E-state index in [1.807, 2.05) is 0 Å². The molecule has 0 spiro atoms. The van der Waals surface area contributed by atoms with Crippen LogP contribution in [0.3, 0.4) is 0 Å². The van der Waals surface area contributed by atoms with Crippen LogP contribution in [-0.4, -0.2) is 43.4 Å². The quantitative estimate of drug-likeness (QED) is 0.0422. The summed E-state index contributed by atoms with van der Waals surface area (Å²) in [5.74, 6) is 1.03. The van der Waals surface area contributed by atoms with E-state index in [0.717, 1.165) is 89.9 Å². The van der Waals surface area contributed by atoms with Gasteiger partial charge in [-0.05, 0) is 61.2 Å². The van der Waals surface area contributed by atoms with Crippen molar-refractivity contribution in [3.63, 3.8) is 0 Å². The highest BCUT2D eigenvalue weighted by Gasteiger charge is 2.36. The Morgan fingerprint density at radius 2 is 0.875 bits per heavy atom. The molecule has 0 aliphatic rings. The normalized spacial score (nSPS) is 16.4. The second-order valence-electron chi connectivity index (χ2n) is 15.6. The molecule has 0 aromatic rings. The highest BCUT2D eigenvalue weighted by molar-refractivity contribution is 7.87. The van der Waals surface area contributed by atoms with Gasteiger partial charge < -0.3 is 9.47 Å². The Morgan fingerprint density at radius 1 is 0.521 bits per heavy atom. The first-order valence-corrected chi connectivity index (χ1v) is 21.6. The van der Waals surface area contributed by atoms with Gasteiger partial charge in [0.1, 0.15) is 0 Å². The minimum absolute atomic E-state index is 0.0954. The first kappa shape index (κ1) is 46.9. The number of rotatable bonds is 32. The van der Waals surface area contributed by atoms with Crippen LogP contribution in [0.4, 0.5) is 0 Å². The van der Waals surface area contributed by atoms with E-state index < -0.39 is 33.7 Å². The van der Waals surface area contributed by atoms with Gasteiger partial charge in [0.2, 0.25) is 0 Å². The number of hydrogen-bond donors (Lipinski definition) is 1. The molecule has 0 rings (SSSR count). The molecule has 0 bridgehead atoms. The van der Waals surface area contributed by atoms with Crippen LogP contribution in [0.5, 0.6) is 0 Å². The largest absolute Gasteiger partial charge is 0.465 e. The van der Waals surface area contributed by atoms with Gasteiger partial charge in [-0.2, -0.15) is 8.42 Å². The predicted octanol–water partition coefficient (Wildman–Crippen LogP) is 11.4. The van der Waals surface area contributed by atoms with Crippen molar-refractivity contribution in [2.24, 2.45) is 35.5 Å². The molecule has 0 radical (unpaired) electrons. The summed E-state index contributed by atoms with van der Waals surface area (Å²) in [6.45, 7) is 18.2. The van der Waals surface area contributed by atoms with E-state index in [1.54, 1.807) is 0 Å². The molecule has 0 aliphatic carbocycles. The third-order valence-corrected chi connectivity index (χ3v) is 11.4. The van der Waals surface area contributed by atoms with E-state index in [-0.39, 0.29) is 25.0 Å². The summed E-state index contributed by atoms with van der Waals surface area (Å²) >= 11 is 0. The van der Waals surface area contributed by atoms with Gasteiger partial charge >= 0.3 is 11.9 Å². The van der Waals surface area contributed by atoms with Crippen LogP contribution in [0.15, 0.2) is 0 Å². The van der Waals surface area contributed by atoms with Gasteiger partial charge in [-0.15, -0.1) is 0 Å². The zero-order valence-electron chi connectivity index (χ0n) is 32.6. The van der Waals surface area contributed by atoms with Crippen LogP contribution in [0.25, 0.3) is 0 Å². The van der Waals surface area contributed by atoms with Crippen molar-refractivity contribution in [1.82, 2.24) is 0 Å². The molecule has 48 heavy (non-hydrogen) atoms. The lowest BCUT2D eigenvalue weighted by Crippen LogP contribution is -2.35. The average molecular weight is 703 g/mol. The zero-order valence-corrected chi connectivity index (χ0v) is 33.4. The average Bonchev–Trinajstić information content (AvgIpc) is 3.01. The lowest BCUT2D eigenvalue weighted by atomic mass is 9.90. The van der Waals surface area contributed by atoms with Crippen molar-refractivity contribution in [2.75, 3.05) is 13.2 Å². The fraction of sp³-hybridized carbons (Fsp3) is 0.950. The van der Waals surface area contributed by atoms with E-state index >= 15 is 0 Å². The summed E-state index contributed by atoms with van der Waals surface area (Å²) in [5.41, 5.74) is 0. The molecule has 0 aliphatic heterocycles. The van der Waals surface area contributed by atoms with Crippen LogP contribution in [-0.2, 0) is 29.2 Å². The molecule has 7 nitrogen and oxygen atoms in total. The van der Waals surface area contributed by atoms with Gasteiger partial charge in [-0.25, -0.2) is 0 Å². The molecule has 0 saturated carbocycles. The van der Waals surface area contributed by atoms with Gasteiger partial charge in [0.25, 0.3) is 10.1 Å². The topological polar surface area (TPSA) is 107 Å². The van der Waals surface area contributed by atoms with Crippen LogP contribution in [0.1, 0.15) is 190 Å².